The van der Waals surface area contributed by atoms with Crippen molar-refractivity contribution in [3.05, 3.63) is 0 Å². The molecule has 2 nitrogen and oxygen atoms in total. The van der Waals surface area contributed by atoms with Crippen molar-refractivity contribution < 1.29 is 0 Å². The molecule has 1 aliphatic heterocycles. The zero-order valence-corrected chi connectivity index (χ0v) is 10.1. The lowest BCUT2D eigenvalue weighted by atomic mass is 9.97. The minimum atomic E-state index is 0.813. The molecule has 0 aromatic rings. The molecular weight excluding hydrogens is 172 g/mol. The van der Waals surface area contributed by atoms with Crippen LogP contribution in [0, 0.1) is 0 Å². The zero-order valence-electron chi connectivity index (χ0n) is 10.1. The lowest BCUT2D eigenvalue weighted by Gasteiger charge is -2.39. The Kier molecular flexibility index (Phi) is 5.49. The van der Waals surface area contributed by atoms with Crippen molar-refractivity contribution in [1.82, 2.24) is 10.2 Å². The van der Waals surface area contributed by atoms with Crippen LogP contribution in [0.1, 0.15) is 46.0 Å². The van der Waals surface area contributed by atoms with Crippen LogP contribution in [-0.4, -0.2) is 37.1 Å². The van der Waals surface area contributed by atoms with Gasteiger partial charge < -0.3 is 5.32 Å². The summed E-state index contributed by atoms with van der Waals surface area (Å²) in [6, 6.07) is 1.63. The fourth-order valence-electron chi connectivity index (χ4n) is 2.51. The average molecular weight is 198 g/mol. The summed E-state index contributed by atoms with van der Waals surface area (Å²) in [4.78, 5) is 2.69. The molecular formula is C12H26N2. The smallest absolute Gasteiger partial charge is 0.00697 e. The Balaban J connectivity index is 2.19. The van der Waals surface area contributed by atoms with E-state index in [1.165, 1.54) is 38.6 Å². The van der Waals surface area contributed by atoms with Crippen molar-refractivity contribution in [2.24, 2.45) is 0 Å². The number of likely N-dealkylation sites (tertiary alicyclic amines) is 1. The molecule has 14 heavy (non-hydrogen) atoms. The number of hydrogen-bond donors (Lipinski definition) is 1. The number of unbranched alkanes of at least 4 members (excludes halogenated alkanes) is 1. The largest absolute Gasteiger partial charge is 0.320 e. The van der Waals surface area contributed by atoms with Crippen molar-refractivity contribution in [2.75, 3.05) is 20.1 Å². The molecule has 0 aromatic carbocycles. The maximum absolute atomic E-state index is 3.21. The summed E-state index contributed by atoms with van der Waals surface area (Å²) >= 11 is 0. The third kappa shape index (κ3) is 3.58. The first kappa shape index (κ1) is 12.0. The predicted molar refractivity (Wildman–Crippen MR) is 62.6 cm³/mol. The van der Waals surface area contributed by atoms with Gasteiger partial charge in [-0.25, -0.2) is 0 Å². The number of rotatable bonds is 5. The highest BCUT2D eigenvalue weighted by Crippen LogP contribution is 2.22. The first-order valence-corrected chi connectivity index (χ1v) is 6.16. The Morgan fingerprint density at radius 2 is 1.79 bits per heavy atom. The van der Waals surface area contributed by atoms with Crippen LogP contribution >= 0.6 is 0 Å². The van der Waals surface area contributed by atoms with Crippen molar-refractivity contribution in [1.29, 1.82) is 0 Å². The molecule has 84 valence electrons. The number of hydrogen-bond acceptors (Lipinski definition) is 2. The topological polar surface area (TPSA) is 15.3 Å². The molecule has 0 aromatic heterocycles. The number of nitrogens with zero attached hydrogens (tertiary/aromatic N) is 1. The second-order valence-electron chi connectivity index (χ2n) is 4.68. The molecule has 1 rings (SSSR count). The van der Waals surface area contributed by atoms with Gasteiger partial charge in [0.1, 0.15) is 0 Å². The van der Waals surface area contributed by atoms with Crippen molar-refractivity contribution in [3.8, 4) is 0 Å². The van der Waals surface area contributed by atoms with E-state index in [1.807, 2.05) is 7.05 Å². The van der Waals surface area contributed by atoms with Gasteiger partial charge in [-0.05, 0) is 59.7 Å². The van der Waals surface area contributed by atoms with Gasteiger partial charge >= 0.3 is 0 Å². The normalized spacial score (nSPS) is 29.4. The first-order valence-electron chi connectivity index (χ1n) is 6.16. The lowest BCUT2D eigenvalue weighted by Crippen LogP contribution is -2.44. The van der Waals surface area contributed by atoms with Crippen molar-refractivity contribution in [3.63, 3.8) is 0 Å². The fraction of sp³-hybridized carbons (Fsp3) is 1.00. The van der Waals surface area contributed by atoms with Crippen LogP contribution < -0.4 is 5.32 Å². The Hall–Kier alpha value is -0.0800. The van der Waals surface area contributed by atoms with Gasteiger partial charge in [0.05, 0.1) is 0 Å². The summed E-state index contributed by atoms with van der Waals surface area (Å²) < 4.78 is 0. The van der Waals surface area contributed by atoms with E-state index in [0.717, 1.165) is 18.6 Å². The average Bonchev–Trinajstić information content (AvgIpc) is 2.16. The van der Waals surface area contributed by atoms with Gasteiger partial charge in [-0.3, -0.25) is 4.90 Å². The summed E-state index contributed by atoms with van der Waals surface area (Å²) in [7, 11) is 2.03. The van der Waals surface area contributed by atoms with Gasteiger partial charge in [0, 0.05) is 12.1 Å². The minimum absolute atomic E-state index is 0.813. The van der Waals surface area contributed by atoms with Gasteiger partial charge in [0.2, 0.25) is 0 Å². The van der Waals surface area contributed by atoms with Crippen LogP contribution in [0.5, 0.6) is 0 Å². The predicted octanol–water partition coefficient (Wildman–Crippen LogP) is 2.25. The summed E-state index contributed by atoms with van der Waals surface area (Å²) in [6.45, 7) is 7.22. The highest BCUT2D eigenvalue weighted by Gasteiger charge is 2.23. The Bertz CT molecular complexity index is 137. The van der Waals surface area contributed by atoms with Gasteiger partial charge in [-0.1, -0.05) is 6.42 Å². The maximum Gasteiger partial charge on any atom is 0.00697 e. The van der Waals surface area contributed by atoms with E-state index < -0.39 is 0 Å². The third-order valence-electron chi connectivity index (χ3n) is 3.47. The molecule has 1 aliphatic rings. The van der Waals surface area contributed by atoms with Crippen LogP contribution in [0.15, 0.2) is 0 Å². The summed E-state index contributed by atoms with van der Waals surface area (Å²) in [5, 5.41) is 3.21. The molecule has 2 heteroatoms. The number of piperidine rings is 1. The Morgan fingerprint density at radius 3 is 2.36 bits per heavy atom. The third-order valence-corrected chi connectivity index (χ3v) is 3.47. The Labute approximate surface area is 89.1 Å². The van der Waals surface area contributed by atoms with E-state index in [0.29, 0.717) is 0 Å². The minimum Gasteiger partial charge on any atom is -0.320 e. The molecule has 1 fully saturated rings. The van der Waals surface area contributed by atoms with E-state index in [1.54, 1.807) is 0 Å². The van der Waals surface area contributed by atoms with Crippen molar-refractivity contribution in [2.45, 2.75) is 58.0 Å². The highest BCUT2D eigenvalue weighted by molar-refractivity contribution is 4.79. The summed E-state index contributed by atoms with van der Waals surface area (Å²) in [5.74, 6) is 0. The second kappa shape index (κ2) is 6.41. The summed E-state index contributed by atoms with van der Waals surface area (Å²) in [5.41, 5.74) is 0. The van der Waals surface area contributed by atoms with Crippen molar-refractivity contribution >= 4 is 0 Å². The SMILES string of the molecule is CNCCCCN1C(C)CCCC1C. The quantitative estimate of drug-likeness (QED) is 0.682. The van der Waals surface area contributed by atoms with Crippen LogP contribution in [0.2, 0.25) is 0 Å². The number of nitrogens with one attached hydrogen (secondary N) is 1. The van der Waals surface area contributed by atoms with E-state index in [4.69, 9.17) is 0 Å². The Morgan fingerprint density at radius 1 is 1.14 bits per heavy atom. The molecule has 0 aliphatic carbocycles. The van der Waals surface area contributed by atoms with Gasteiger partial charge in [-0.2, -0.15) is 0 Å². The summed E-state index contributed by atoms with van der Waals surface area (Å²) in [6.07, 6.45) is 6.88. The molecule has 2 atom stereocenters. The molecule has 0 radical (unpaired) electrons. The molecule has 1 N–H and O–H groups in total. The van der Waals surface area contributed by atoms with Crippen LogP contribution in [-0.2, 0) is 0 Å². The molecule has 0 spiro atoms. The first-order chi connectivity index (χ1) is 6.75. The fourth-order valence-corrected chi connectivity index (χ4v) is 2.51. The van der Waals surface area contributed by atoms with Crippen LogP contribution in [0.25, 0.3) is 0 Å². The van der Waals surface area contributed by atoms with Gasteiger partial charge in [0.15, 0.2) is 0 Å². The van der Waals surface area contributed by atoms with Crippen LogP contribution in [0.3, 0.4) is 0 Å². The second-order valence-corrected chi connectivity index (χ2v) is 4.68. The molecule has 0 bridgehead atoms. The van der Waals surface area contributed by atoms with Crippen LogP contribution in [0.4, 0.5) is 0 Å². The molecule has 0 saturated carbocycles. The highest BCUT2D eigenvalue weighted by atomic mass is 15.2. The molecule has 2 unspecified atom stereocenters. The van der Waals surface area contributed by atoms with E-state index >= 15 is 0 Å². The van der Waals surface area contributed by atoms with Gasteiger partial charge in [0.25, 0.3) is 0 Å². The zero-order chi connectivity index (χ0) is 10.4. The lowest BCUT2D eigenvalue weighted by molar-refractivity contribution is 0.101. The standard InChI is InChI=1S/C12H26N2/c1-11-7-6-8-12(2)14(11)10-5-4-9-13-3/h11-13H,4-10H2,1-3H3. The monoisotopic (exact) mass is 198 g/mol. The molecule has 1 saturated heterocycles. The van der Waals surface area contributed by atoms with E-state index in [2.05, 4.69) is 24.1 Å². The van der Waals surface area contributed by atoms with E-state index in [9.17, 15) is 0 Å². The maximum atomic E-state index is 3.21. The molecule has 0 amide bonds. The van der Waals surface area contributed by atoms with Gasteiger partial charge in [-0.15, -0.1) is 0 Å². The van der Waals surface area contributed by atoms with E-state index in [-0.39, 0.29) is 0 Å². The molecule has 1 heterocycles.